The minimum atomic E-state index is -0.462. The number of carbonyl (C=O) groups is 2. The maximum absolute atomic E-state index is 13.2. The molecule has 1 aliphatic carbocycles. The van der Waals surface area contributed by atoms with Gasteiger partial charge in [0.2, 0.25) is 5.91 Å². The molecular formula is C28H41NO4. The van der Waals surface area contributed by atoms with Crippen LogP contribution in [0.5, 0.6) is 5.75 Å². The van der Waals surface area contributed by atoms with Crippen LogP contribution in [-0.2, 0) is 20.7 Å². The normalized spacial score (nSPS) is 19.2. The van der Waals surface area contributed by atoms with Crippen LogP contribution in [-0.4, -0.2) is 43.1 Å². The maximum Gasteiger partial charge on any atom is 0.328 e. The Morgan fingerprint density at radius 1 is 1.03 bits per heavy atom. The van der Waals surface area contributed by atoms with Crippen molar-refractivity contribution >= 4 is 11.9 Å². The number of amides is 1. The molecule has 3 rings (SSSR count). The Labute approximate surface area is 199 Å². The van der Waals surface area contributed by atoms with Crippen LogP contribution in [0.25, 0.3) is 0 Å². The topological polar surface area (TPSA) is 55.8 Å². The van der Waals surface area contributed by atoms with Crippen molar-refractivity contribution in [1.29, 1.82) is 0 Å². The molecule has 1 heterocycles. The predicted octanol–water partition coefficient (Wildman–Crippen LogP) is 5.70. The quantitative estimate of drug-likeness (QED) is 0.272. The van der Waals surface area contributed by atoms with Gasteiger partial charge in [-0.05, 0) is 93.9 Å². The molecule has 0 aromatic heterocycles. The van der Waals surface area contributed by atoms with E-state index in [2.05, 4.69) is 32.6 Å². The van der Waals surface area contributed by atoms with Crippen LogP contribution in [0.3, 0.4) is 0 Å². The molecule has 2 fully saturated rings. The molecule has 0 radical (unpaired) electrons. The van der Waals surface area contributed by atoms with E-state index in [4.69, 9.17) is 9.47 Å². The number of ether oxygens (including phenoxy) is 2. The van der Waals surface area contributed by atoms with Crippen molar-refractivity contribution in [1.82, 2.24) is 4.90 Å². The van der Waals surface area contributed by atoms with Crippen molar-refractivity contribution in [3.8, 4) is 5.75 Å². The summed E-state index contributed by atoms with van der Waals surface area (Å²) >= 11 is 0. The minimum absolute atomic E-state index is 0.0350. The van der Waals surface area contributed by atoms with Crippen molar-refractivity contribution in [2.24, 2.45) is 5.92 Å². The van der Waals surface area contributed by atoms with Crippen LogP contribution in [0, 0.1) is 19.8 Å². The standard InChI is InChI=1S/C28H41NO4/c1-20-18-23(19-26(32-4)21(20)2)12-9-11-17-33-28(31)25-15-8-10-16-29(25)27(30)22(3)24-13-6-5-7-14-24/h18-19,24-25H,3,5-17H2,1-2,4H3. The number of benzene rings is 1. The Morgan fingerprint density at radius 2 is 1.76 bits per heavy atom. The van der Waals surface area contributed by atoms with Gasteiger partial charge in [0.25, 0.3) is 0 Å². The summed E-state index contributed by atoms with van der Waals surface area (Å²) in [5, 5.41) is 0. The maximum atomic E-state index is 13.2. The smallest absolute Gasteiger partial charge is 0.328 e. The van der Waals surface area contributed by atoms with E-state index >= 15 is 0 Å². The van der Waals surface area contributed by atoms with Gasteiger partial charge in [-0.15, -0.1) is 0 Å². The van der Waals surface area contributed by atoms with Crippen LogP contribution >= 0.6 is 0 Å². The van der Waals surface area contributed by atoms with E-state index in [1.54, 1.807) is 12.0 Å². The summed E-state index contributed by atoms with van der Waals surface area (Å²) in [5.74, 6) is 0.904. The van der Waals surface area contributed by atoms with Gasteiger partial charge in [0.15, 0.2) is 0 Å². The number of methoxy groups -OCH3 is 1. The van der Waals surface area contributed by atoms with Gasteiger partial charge in [0, 0.05) is 12.1 Å². The fourth-order valence-electron chi connectivity index (χ4n) is 5.19. The number of esters is 1. The van der Waals surface area contributed by atoms with Gasteiger partial charge in [0.05, 0.1) is 13.7 Å². The van der Waals surface area contributed by atoms with E-state index in [-0.39, 0.29) is 17.8 Å². The molecule has 5 heteroatoms. The SMILES string of the molecule is C=C(C(=O)N1CCCCC1C(=O)OCCCCc1cc(C)c(C)c(OC)c1)C1CCCCC1. The lowest BCUT2D eigenvalue weighted by Gasteiger charge is -2.36. The second kappa shape index (κ2) is 12.2. The molecule has 1 unspecified atom stereocenters. The second-order valence-corrected chi connectivity index (χ2v) is 9.73. The third-order valence-corrected chi connectivity index (χ3v) is 7.41. The van der Waals surface area contributed by atoms with E-state index in [0.717, 1.165) is 63.5 Å². The number of rotatable bonds is 9. The zero-order valence-electron chi connectivity index (χ0n) is 20.8. The third kappa shape index (κ3) is 6.61. The first-order valence-electron chi connectivity index (χ1n) is 12.7. The van der Waals surface area contributed by atoms with Gasteiger partial charge in [-0.25, -0.2) is 4.79 Å². The second-order valence-electron chi connectivity index (χ2n) is 9.73. The number of carbonyl (C=O) groups excluding carboxylic acids is 2. The van der Waals surface area contributed by atoms with E-state index in [1.165, 1.54) is 23.1 Å². The van der Waals surface area contributed by atoms with Gasteiger partial charge >= 0.3 is 5.97 Å². The molecule has 1 amide bonds. The summed E-state index contributed by atoms with van der Waals surface area (Å²) < 4.78 is 11.1. The molecule has 33 heavy (non-hydrogen) atoms. The summed E-state index contributed by atoms with van der Waals surface area (Å²) in [7, 11) is 1.70. The zero-order valence-corrected chi connectivity index (χ0v) is 20.8. The Kier molecular flexibility index (Phi) is 9.40. The van der Waals surface area contributed by atoms with Crippen LogP contribution < -0.4 is 4.74 Å². The van der Waals surface area contributed by atoms with Gasteiger partial charge in [0.1, 0.15) is 11.8 Å². The van der Waals surface area contributed by atoms with Crippen LogP contribution in [0.2, 0.25) is 0 Å². The van der Waals surface area contributed by atoms with Crippen LogP contribution in [0.1, 0.15) is 80.9 Å². The highest BCUT2D eigenvalue weighted by molar-refractivity contribution is 5.96. The zero-order chi connectivity index (χ0) is 23.8. The van der Waals surface area contributed by atoms with E-state index in [9.17, 15) is 9.59 Å². The van der Waals surface area contributed by atoms with Gasteiger partial charge < -0.3 is 14.4 Å². The van der Waals surface area contributed by atoms with Crippen molar-refractivity contribution in [3.63, 3.8) is 0 Å². The average molecular weight is 456 g/mol. The fraction of sp³-hybridized carbons (Fsp3) is 0.643. The van der Waals surface area contributed by atoms with Gasteiger partial charge in [-0.2, -0.15) is 0 Å². The first-order chi connectivity index (χ1) is 15.9. The minimum Gasteiger partial charge on any atom is -0.496 e. The molecule has 5 nitrogen and oxygen atoms in total. The highest BCUT2D eigenvalue weighted by Crippen LogP contribution is 2.31. The van der Waals surface area contributed by atoms with Gasteiger partial charge in [-0.3, -0.25) is 4.79 Å². The number of likely N-dealkylation sites (tertiary alicyclic amines) is 1. The summed E-state index contributed by atoms with van der Waals surface area (Å²) in [5.41, 5.74) is 4.34. The Balaban J connectivity index is 1.47. The lowest BCUT2D eigenvalue weighted by Crippen LogP contribution is -2.49. The lowest BCUT2D eigenvalue weighted by molar-refractivity contribution is -0.156. The van der Waals surface area contributed by atoms with E-state index in [0.29, 0.717) is 25.1 Å². The number of unbranched alkanes of at least 4 members (excludes halogenated alkanes) is 1. The molecule has 0 N–H and O–H groups in total. The highest BCUT2D eigenvalue weighted by atomic mass is 16.5. The van der Waals surface area contributed by atoms with Gasteiger partial charge in [-0.1, -0.05) is 31.9 Å². The molecule has 2 aliphatic rings. The molecule has 1 saturated heterocycles. The first-order valence-corrected chi connectivity index (χ1v) is 12.7. The Bertz CT molecular complexity index is 841. The summed E-state index contributed by atoms with van der Waals surface area (Å²) in [6.45, 7) is 9.32. The van der Waals surface area contributed by atoms with Crippen LogP contribution in [0.15, 0.2) is 24.3 Å². The van der Waals surface area contributed by atoms with Crippen molar-refractivity contribution in [2.45, 2.75) is 90.5 Å². The van der Waals surface area contributed by atoms with Crippen molar-refractivity contribution < 1.29 is 19.1 Å². The first kappa shape index (κ1) is 25.3. The van der Waals surface area contributed by atoms with E-state index < -0.39 is 6.04 Å². The number of hydrogen-bond donors (Lipinski definition) is 0. The summed E-state index contributed by atoms with van der Waals surface area (Å²) in [6, 6.07) is 3.84. The molecule has 1 aromatic carbocycles. The third-order valence-electron chi connectivity index (χ3n) is 7.41. The molecule has 0 bridgehead atoms. The number of nitrogens with zero attached hydrogens (tertiary/aromatic N) is 1. The molecule has 1 aromatic rings. The number of aryl methyl sites for hydroxylation is 2. The lowest BCUT2D eigenvalue weighted by atomic mass is 9.83. The summed E-state index contributed by atoms with van der Waals surface area (Å²) in [4.78, 5) is 27.7. The molecule has 1 saturated carbocycles. The highest BCUT2D eigenvalue weighted by Gasteiger charge is 2.35. The Hall–Kier alpha value is -2.30. The molecule has 182 valence electrons. The molecule has 1 atom stereocenters. The monoisotopic (exact) mass is 455 g/mol. The summed E-state index contributed by atoms with van der Waals surface area (Å²) in [6.07, 6.45) is 10.9. The predicted molar refractivity (Wildman–Crippen MR) is 131 cm³/mol. The molecule has 1 aliphatic heterocycles. The van der Waals surface area contributed by atoms with Crippen molar-refractivity contribution in [2.75, 3.05) is 20.3 Å². The largest absolute Gasteiger partial charge is 0.496 e. The Morgan fingerprint density at radius 3 is 2.48 bits per heavy atom. The molecular weight excluding hydrogens is 414 g/mol. The average Bonchev–Trinajstić information content (AvgIpc) is 2.85. The number of hydrogen-bond acceptors (Lipinski definition) is 4. The fourth-order valence-corrected chi connectivity index (χ4v) is 5.19. The van der Waals surface area contributed by atoms with Crippen molar-refractivity contribution in [3.05, 3.63) is 41.0 Å². The van der Waals surface area contributed by atoms with E-state index in [1.807, 2.05) is 0 Å². The van der Waals surface area contributed by atoms with Crippen LogP contribution in [0.4, 0.5) is 0 Å². The molecule has 0 spiro atoms. The number of piperidine rings is 1.